The van der Waals surface area contributed by atoms with Crippen LogP contribution in [0.1, 0.15) is 15.9 Å². The van der Waals surface area contributed by atoms with Crippen molar-refractivity contribution in [2.45, 2.75) is 0 Å². The van der Waals surface area contributed by atoms with Gasteiger partial charge in [0.25, 0.3) is 11.8 Å². The summed E-state index contributed by atoms with van der Waals surface area (Å²) < 4.78 is 0. The molecule has 2 N–H and O–H groups in total. The van der Waals surface area contributed by atoms with Crippen molar-refractivity contribution in [1.29, 1.82) is 0 Å². The molecule has 0 bridgehead atoms. The number of benzene rings is 1. The Hall–Kier alpha value is -3.54. The normalized spacial score (nSPS) is 10.7. The van der Waals surface area contributed by atoms with Gasteiger partial charge in [-0.15, -0.1) is 0 Å². The molecule has 6 heteroatoms. The zero-order valence-corrected chi connectivity index (χ0v) is 12.6. The van der Waals surface area contributed by atoms with Gasteiger partial charge in [-0.05, 0) is 24.3 Å². The van der Waals surface area contributed by atoms with Crippen molar-refractivity contribution in [2.24, 2.45) is 0 Å². The quantitative estimate of drug-likeness (QED) is 0.572. The van der Waals surface area contributed by atoms with Crippen LogP contribution in [0.5, 0.6) is 0 Å². The number of carbonyl (C=O) groups excluding carboxylic acids is 2. The second kappa shape index (κ2) is 7.15. The molecule has 0 atom stereocenters. The lowest BCUT2D eigenvalue weighted by Crippen LogP contribution is -2.40. The van der Waals surface area contributed by atoms with Crippen LogP contribution in [0.4, 0.5) is 0 Å². The van der Waals surface area contributed by atoms with Gasteiger partial charge in [-0.1, -0.05) is 24.3 Å². The summed E-state index contributed by atoms with van der Waals surface area (Å²) >= 11 is 0. The van der Waals surface area contributed by atoms with Crippen molar-refractivity contribution in [3.05, 3.63) is 78.3 Å². The molecule has 0 saturated heterocycles. The molecule has 0 spiro atoms. The summed E-state index contributed by atoms with van der Waals surface area (Å²) in [5.74, 6) is -0.878. The Morgan fingerprint density at radius 1 is 0.958 bits per heavy atom. The largest absolute Gasteiger partial charge is 0.271 e. The number of nitrogens with zero attached hydrogens (tertiary/aromatic N) is 2. The van der Waals surface area contributed by atoms with Gasteiger partial charge in [0, 0.05) is 35.6 Å². The highest BCUT2D eigenvalue weighted by molar-refractivity contribution is 5.98. The summed E-state index contributed by atoms with van der Waals surface area (Å²) in [7, 11) is 0. The number of amides is 2. The minimum absolute atomic E-state index is 0.361. The van der Waals surface area contributed by atoms with E-state index in [1.54, 1.807) is 30.6 Å². The maximum atomic E-state index is 11.8. The highest BCUT2D eigenvalue weighted by Gasteiger charge is 2.05. The van der Waals surface area contributed by atoms with Crippen LogP contribution in [0.3, 0.4) is 0 Å². The second-order valence-corrected chi connectivity index (χ2v) is 4.94. The lowest BCUT2D eigenvalue weighted by Gasteiger charge is -2.05. The maximum absolute atomic E-state index is 11.8. The van der Waals surface area contributed by atoms with Gasteiger partial charge < -0.3 is 0 Å². The molecule has 3 aromatic rings. The zero-order chi connectivity index (χ0) is 16.8. The molecule has 3 rings (SSSR count). The summed E-state index contributed by atoms with van der Waals surface area (Å²) in [6.07, 6.45) is 7.68. The standard InChI is InChI=1S/C18H14N4O2/c23-16(21-22-18(24)15-7-2-10-19-12-15)9-8-14-5-1-4-13-6-3-11-20-17(13)14/h1-12H,(H,21,23)(H,22,24). The summed E-state index contributed by atoms with van der Waals surface area (Å²) in [5.41, 5.74) is 6.64. The Morgan fingerprint density at radius 2 is 1.79 bits per heavy atom. The van der Waals surface area contributed by atoms with Crippen molar-refractivity contribution >= 4 is 28.8 Å². The summed E-state index contributed by atoms with van der Waals surface area (Å²) in [4.78, 5) is 31.8. The van der Waals surface area contributed by atoms with Crippen LogP contribution in [0.15, 0.2) is 67.1 Å². The molecule has 2 amide bonds. The molecule has 0 saturated carbocycles. The fourth-order valence-corrected chi connectivity index (χ4v) is 2.16. The number of pyridine rings is 2. The fraction of sp³-hybridized carbons (Fsp3) is 0. The first-order valence-corrected chi connectivity index (χ1v) is 7.26. The molecule has 24 heavy (non-hydrogen) atoms. The highest BCUT2D eigenvalue weighted by Crippen LogP contribution is 2.16. The van der Waals surface area contributed by atoms with Crippen molar-refractivity contribution in [3.8, 4) is 0 Å². The van der Waals surface area contributed by atoms with Crippen LogP contribution >= 0.6 is 0 Å². The third-order valence-electron chi connectivity index (χ3n) is 3.30. The first-order chi connectivity index (χ1) is 11.7. The number of fused-ring (bicyclic) bond motifs is 1. The van der Waals surface area contributed by atoms with Gasteiger partial charge in [0.15, 0.2) is 0 Å². The average molecular weight is 318 g/mol. The Balaban J connectivity index is 1.64. The van der Waals surface area contributed by atoms with E-state index in [1.807, 2.05) is 30.3 Å². The molecule has 1 aromatic carbocycles. The zero-order valence-electron chi connectivity index (χ0n) is 12.6. The van der Waals surface area contributed by atoms with E-state index in [2.05, 4.69) is 20.8 Å². The molecule has 2 aromatic heterocycles. The topological polar surface area (TPSA) is 84.0 Å². The van der Waals surface area contributed by atoms with Gasteiger partial charge in [-0.25, -0.2) is 0 Å². The van der Waals surface area contributed by atoms with Gasteiger partial charge >= 0.3 is 0 Å². The summed E-state index contributed by atoms with van der Waals surface area (Å²) in [5, 5.41) is 0.991. The second-order valence-electron chi connectivity index (χ2n) is 4.94. The first-order valence-electron chi connectivity index (χ1n) is 7.26. The van der Waals surface area contributed by atoms with E-state index in [1.165, 1.54) is 12.3 Å². The van der Waals surface area contributed by atoms with Crippen LogP contribution < -0.4 is 10.9 Å². The van der Waals surface area contributed by atoms with Crippen molar-refractivity contribution in [2.75, 3.05) is 0 Å². The number of rotatable bonds is 3. The van der Waals surface area contributed by atoms with Crippen molar-refractivity contribution in [3.63, 3.8) is 0 Å². The Kier molecular flexibility index (Phi) is 4.57. The number of para-hydroxylation sites is 1. The van der Waals surface area contributed by atoms with E-state index in [9.17, 15) is 9.59 Å². The van der Waals surface area contributed by atoms with E-state index in [0.29, 0.717) is 5.56 Å². The molecular formula is C18H14N4O2. The number of aromatic nitrogens is 2. The van der Waals surface area contributed by atoms with Crippen LogP contribution in [0.25, 0.3) is 17.0 Å². The van der Waals surface area contributed by atoms with Gasteiger partial charge in [-0.3, -0.25) is 30.4 Å². The van der Waals surface area contributed by atoms with Crippen LogP contribution in [-0.2, 0) is 4.79 Å². The molecular weight excluding hydrogens is 304 g/mol. The minimum atomic E-state index is -0.444. The van der Waals surface area contributed by atoms with Crippen LogP contribution in [-0.4, -0.2) is 21.8 Å². The van der Waals surface area contributed by atoms with Gasteiger partial charge in [0.05, 0.1) is 11.1 Å². The number of hydrazine groups is 1. The number of hydrogen-bond acceptors (Lipinski definition) is 4. The third kappa shape index (κ3) is 3.61. The molecule has 6 nitrogen and oxygen atoms in total. The predicted octanol–water partition coefficient (Wildman–Crippen LogP) is 2.10. The van der Waals surface area contributed by atoms with E-state index in [-0.39, 0.29) is 0 Å². The number of carbonyl (C=O) groups is 2. The van der Waals surface area contributed by atoms with Gasteiger partial charge in [-0.2, -0.15) is 0 Å². The van der Waals surface area contributed by atoms with E-state index in [0.717, 1.165) is 16.5 Å². The lowest BCUT2D eigenvalue weighted by atomic mass is 10.1. The molecule has 118 valence electrons. The average Bonchev–Trinajstić information content (AvgIpc) is 2.65. The van der Waals surface area contributed by atoms with Crippen LogP contribution in [0.2, 0.25) is 0 Å². The van der Waals surface area contributed by atoms with Gasteiger partial charge in [0.2, 0.25) is 0 Å². The molecule has 0 radical (unpaired) electrons. The third-order valence-corrected chi connectivity index (χ3v) is 3.30. The molecule has 0 aliphatic rings. The van der Waals surface area contributed by atoms with Crippen LogP contribution in [0, 0.1) is 0 Å². The molecule has 0 fully saturated rings. The van der Waals surface area contributed by atoms with E-state index < -0.39 is 11.8 Å². The Labute approximate surface area is 138 Å². The minimum Gasteiger partial charge on any atom is -0.268 e. The number of hydrogen-bond donors (Lipinski definition) is 2. The Morgan fingerprint density at radius 3 is 2.62 bits per heavy atom. The van der Waals surface area contributed by atoms with E-state index >= 15 is 0 Å². The van der Waals surface area contributed by atoms with Gasteiger partial charge in [0.1, 0.15) is 0 Å². The summed E-state index contributed by atoms with van der Waals surface area (Å²) in [6, 6.07) is 12.8. The maximum Gasteiger partial charge on any atom is 0.271 e. The molecule has 0 unspecified atom stereocenters. The first kappa shape index (κ1) is 15.4. The van der Waals surface area contributed by atoms with Crippen molar-refractivity contribution in [1.82, 2.24) is 20.8 Å². The van der Waals surface area contributed by atoms with Crippen molar-refractivity contribution < 1.29 is 9.59 Å². The highest BCUT2D eigenvalue weighted by atomic mass is 16.2. The summed E-state index contributed by atoms with van der Waals surface area (Å²) in [6.45, 7) is 0. The monoisotopic (exact) mass is 318 g/mol. The molecule has 2 heterocycles. The number of nitrogens with one attached hydrogen (secondary N) is 2. The van der Waals surface area contributed by atoms with E-state index in [4.69, 9.17) is 0 Å². The fourth-order valence-electron chi connectivity index (χ4n) is 2.16. The Bertz CT molecular complexity index is 902. The smallest absolute Gasteiger partial charge is 0.268 e. The lowest BCUT2D eigenvalue weighted by molar-refractivity contribution is -0.117. The molecule has 0 aliphatic heterocycles. The SMILES string of the molecule is O=C(C=Cc1cccc2cccnc12)NNC(=O)c1cccnc1. The molecule has 0 aliphatic carbocycles. The predicted molar refractivity (Wildman–Crippen MR) is 90.6 cm³/mol.